The Hall–Kier alpha value is -1.82. The predicted molar refractivity (Wildman–Crippen MR) is 82.6 cm³/mol. The topological polar surface area (TPSA) is 66.4 Å². The summed E-state index contributed by atoms with van der Waals surface area (Å²) < 4.78 is 12.7. The highest BCUT2D eigenvalue weighted by molar-refractivity contribution is 7.99. The average molecular weight is 311 g/mol. The highest BCUT2D eigenvalue weighted by Gasteiger charge is 2.18. The molecule has 0 heterocycles. The first kappa shape index (κ1) is 17.2. The van der Waals surface area contributed by atoms with Gasteiger partial charge in [-0.2, -0.15) is 11.8 Å². The number of halogens is 1. The molecule has 1 amide bonds. The van der Waals surface area contributed by atoms with Crippen molar-refractivity contribution in [1.29, 1.82) is 0 Å². The lowest BCUT2D eigenvalue weighted by Gasteiger charge is -2.12. The molecule has 1 unspecified atom stereocenters. The zero-order valence-electron chi connectivity index (χ0n) is 11.7. The lowest BCUT2D eigenvalue weighted by Crippen LogP contribution is -2.40. The maximum atomic E-state index is 12.7. The van der Waals surface area contributed by atoms with Crippen molar-refractivity contribution < 1.29 is 19.1 Å². The molecule has 0 saturated carbocycles. The number of aliphatic carboxylic acids is 1. The third kappa shape index (κ3) is 6.94. The molecular weight excluding hydrogens is 293 g/mol. The van der Waals surface area contributed by atoms with Crippen LogP contribution in [-0.2, 0) is 9.59 Å². The second-order valence-corrected chi connectivity index (χ2v) is 5.66. The van der Waals surface area contributed by atoms with Gasteiger partial charge in [-0.05, 0) is 41.7 Å². The van der Waals surface area contributed by atoms with Crippen LogP contribution in [0.2, 0.25) is 0 Å². The molecule has 1 atom stereocenters. The van der Waals surface area contributed by atoms with Gasteiger partial charge in [-0.1, -0.05) is 19.1 Å². The van der Waals surface area contributed by atoms with Gasteiger partial charge in [0.1, 0.15) is 11.9 Å². The van der Waals surface area contributed by atoms with Gasteiger partial charge in [-0.15, -0.1) is 0 Å². The summed E-state index contributed by atoms with van der Waals surface area (Å²) in [6.07, 6.45) is 3.13. The Morgan fingerprint density at radius 1 is 1.38 bits per heavy atom. The molecule has 2 N–H and O–H groups in total. The molecule has 1 aromatic rings. The Morgan fingerprint density at radius 3 is 2.62 bits per heavy atom. The van der Waals surface area contributed by atoms with Gasteiger partial charge in [0.15, 0.2) is 0 Å². The van der Waals surface area contributed by atoms with E-state index in [1.165, 1.54) is 36.4 Å². The molecule has 0 aliphatic rings. The van der Waals surface area contributed by atoms with Gasteiger partial charge in [0.2, 0.25) is 5.91 Å². The SMILES string of the molecule is CCSCCC(NC(=O)/C=C/c1ccc(F)cc1)C(=O)O. The largest absolute Gasteiger partial charge is 0.480 e. The maximum absolute atomic E-state index is 12.7. The summed E-state index contributed by atoms with van der Waals surface area (Å²) in [6.45, 7) is 1.99. The van der Waals surface area contributed by atoms with Crippen LogP contribution in [0.1, 0.15) is 18.9 Å². The highest BCUT2D eigenvalue weighted by atomic mass is 32.2. The second kappa shape index (κ2) is 9.18. The van der Waals surface area contributed by atoms with Gasteiger partial charge in [-0.25, -0.2) is 9.18 Å². The molecule has 4 nitrogen and oxygen atoms in total. The van der Waals surface area contributed by atoms with Crippen LogP contribution >= 0.6 is 11.8 Å². The molecule has 0 aliphatic carbocycles. The molecule has 0 fully saturated rings. The van der Waals surface area contributed by atoms with Crippen molar-refractivity contribution in [3.63, 3.8) is 0 Å². The first-order valence-electron chi connectivity index (χ1n) is 6.57. The van der Waals surface area contributed by atoms with Crippen LogP contribution in [0.15, 0.2) is 30.3 Å². The summed E-state index contributed by atoms with van der Waals surface area (Å²) in [4.78, 5) is 22.7. The van der Waals surface area contributed by atoms with E-state index in [0.717, 1.165) is 5.75 Å². The standard InChI is InChI=1S/C15H18FNO3S/c1-2-21-10-9-13(15(19)20)17-14(18)8-5-11-3-6-12(16)7-4-11/h3-8,13H,2,9-10H2,1H3,(H,17,18)(H,19,20)/b8-5+. The summed E-state index contributed by atoms with van der Waals surface area (Å²) >= 11 is 1.62. The number of carboxylic acids is 1. The molecule has 21 heavy (non-hydrogen) atoms. The van der Waals surface area contributed by atoms with Crippen LogP contribution in [0.4, 0.5) is 4.39 Å². The summed E-state index contributed by atoms with van der Waals surface area (Å²) in [7, 11) is 0. The first-order chi connectivity index (χ1) is 10.0. The summed E-state index contributed by atoms with van der Waals surface area (Å²) in [6, 6.07) is 4.76. The van der Waals surface area contributed by atoms with E-state index in [1.807, 2.05) is 6.92 Å². The number of rotatable bonds is 8. The molecule has 1 rings (SSSR count). The number of carbonyl (C=O) groups excluding carboxylic acids is 1. The number of hydrogen-bond donors (Lipinski definition) is 2. The number of hydrogen-bond acceptors (Lipinski definition) is 3. The number of carbonyl (C=O) groups is 2. The Labute approximate surface area is 127 Å². The Kier molecular flexibility index (Phi) is 7.53. The van der Waals surface area contributed by atoms with E-state index in [0.29, 0.717) is 17.7 Å². The van der Waals surface area contributed by atoms with Gasteiger partial charge < -0.3 is 10.4 Å². The smallest absolute Gasteiger partial charge is 0.326 e. The Balaban J connectivity index is 2.53. The second-order valence-electron chi connectivity index (χ2n) is 4.27. The predicted octanol–water partition coefficient (Wildman–Crippen LogP) is 2.55. The van der Waals surface area contributed by atoms with Gasteiger partial charge in [0, 0.05) is 6.08 Å². The number of benzene rings is 1. The number of nitrogens with one attached hydrogen (secondary N) is 1. The number of amides is 1. The van der Waals surface area contributed by atoms with E-state index in [4.69, 9.17) is 5.11 Å². The molecule has 6 heteroatoms. The van der Waals surface area contributed by atoms with Crippen LogP contribution < -0.4 is 5.32 Å². The molecule has 0 aliphatic heterocycles. The lowest BCUT2D eigenvalue weighted by molar-refractivity contribution is -0.141. The van der Waals surface area contributed by atoms with Crippen LogP contribution in [-0.4, -0.2) is 34.5 Å². The van der Waals surface area contributed by atoms with Crippen molar-refractivity contribution in [2.45, 2.75) is 19.4 Å². The zero-order chi connectivity index (χ0) is 15.7. The molecule has 0 saturated heterocycles. The monoisotopic (exact) mass is 311 g/mol. The number of carboxylic acid groups (broad SMARTS) is 1. The summed E-state index contributed by atoms with van der Waals surface area (Å²) in [5.74, 6) is -0.292. The van der Waals surface area contributed by atoms with Gasteiger partial charge in [0.25, 0.3) is 0 Å². The van der Waals surface area contributed by atoms with Crippen molar-refractivity contribution in [1.82, 2.24) is 5.32 Å². The van der Waals surface area contributed by atoms with Crippen molar-refractivity contribution >= 4 is 29.7 Å². The Morgan fingerprint density at radius 2 is 2.05 bits per heavy atom. The fourth-order valence-corrected chi connectivity index (χ4v) is 2.26. The molecule has 0 spiro atoms. The van der Waals surface area contributed by atoms with E-state index < -0.39 is 17.9 Å². The minimum absolute atomic E-state index is 0.351. The number of thioether (sulfide) groups is 1. The highest BCUT2D eigenvalue weighted by Crippen LogP contribution is 2.06. The molecule has 0 aromatic heterocycles. The van der Waals surface area contributed by atoms with E-state index in [1.54, 1.807) is 11.8 Å². The molecule has 114 valence electrons. The Bertz CT molecular complexity index is 502. The summed E-state index contributed by atoms with van der Waals surface area (Å²) in [5, 5.41) is 11.5. The van der Waals surface area contributed by atoms with Gasteiger partial charge in [0.05, 0.1) is 0 Å². The molecule has 0 bridgehead atoms. The van der Waals surface area contributed by atoms with Crippen molar-refractivity contribution in [3.05, 3.63) is 41.7 Å². The van der Waals surface area contributed by atoms with Crippen LogP contribution in [0.3, 0.4) is 0 Å². The average Bonchev–Trinajstić information content (AvgIpc) is 2.45. The quantitative estimate of drug-likeness (QED) is 0.572. The lowest BCUT2D eigenvalue weighted by atomic mass is 10.2. The molecule has 0 radical (unpaired) electrons. The zero-order valence-corrected chi connectivity index (χ0v) is 12.5. The fraction of sp³-hybridized carbons (Fsp3) is 0.333. The van der Waals surface area contributed by atoms with Crippen LogP contribution in [0, 0.1) is 5.82 Å². The van der Waals surface area contributed by atoms with Crippen molar-refractivity contribution in [2.75, 3.05) is 11.5 Å². The normalized spacial score (nSPS) is 12.3. The first-order valence-corrected chi connectivity index (χ1v) is 7.73. The van der Waals surface area contributed by atoms with Gasteiger partial charge >= 0.3 is 5.97 Å². The summed E-state index contributed by atoms with van der Waals surface area (Å²) in [5.41, 5.74) is 0.667. The van der Waals surface area contributed by atoms with E-state index in [-0.39, 0.29) is 5.82 Å². The van der Waals surface area contributed by atoms with Gasteiger partial charge in [-0.3, -0.25) is 4.79 Å². The third-order valence-corrected chi connectivity index (χ3v) is 3.60. The third-order valence-electron chi connectivity index (χ3n) is 2.67. The van der Waals surface area contributed by atoms with Crippen molar-refractivity contribution in [3.8, 4) is 0 Å². The molecule has 1 aromatic carbocycles. The fourth-order valence-electron chi connectivity index (χ4n) is 1.57. The minimum atomic E-state index is -1.05. The maximum Gasteiger partial charge on any atom is 0.326 e. The minimum Gasteiger partial charge on any atom is -0.480 e. The van der Waals surface area contributed by atoms with E-state index in [2.05, 4.69) is 5.32 Å². The van der Waals surface area contributed by atoms with E-state index in [9.17, 15) is 14.0 Å². The van der Waals surface area contributed by atoms with E-state index >= 15 is 0 Å². The van der Waals surface area contributed by atoms with Crippen LogP contribution in [0.5, 0.6) is 0 Å². The molecular formula is C15H18FNO3S. The van der Waals surface area contributed by atoms with Crippen LogP contribution in [0.25, 0.3) is 6.08 Å². The van der Waals surface area contributed by atoms with Crippen molar-refractivity contribution in [2.24, 2.45) is 0 Å².